The molecule has 0 spiro atoms. The molecule has 0 radical (unpaired) electrons. The number of carbonyl (C=O) groups is 1. The Morgan fingerprint density at radius 2 is 1.91 bits per heavy atom. The number of rotatable bonds is 5. The van der Waals surface area contributed by atoms with Crippen molar-refractivity contribution in [3.8, 4) is 0 Å². The molecule has 2 atom stereocenters. The molecule has 118 valence electrons. The minimum atomic E-state index is -0.301. The van der Waals surface area contributed by atoms with Crippen LogP contribution in [0.3, 0.4) is 0 Å². The molecule has 22 heavy (non-hydrogen) atoms. The van der Waals surface area contributed by atoms with E-state index in [1.54, 1.807) is 12.1 Å². The molecule has 1 aromatic carbocycles. The first kappa shape index (κ1) is 16.5. The van der Waals surface area contributed by atoms with Crippen molar-refractivity contribution >= 4 is 17.7 Å². The number of aromatic nitrogens is 3. The summed E-state index contributed by atoms with van der Waals surface area (Å²) in [5.41, 5.74) is 0.862. The van der Waals surface area contributed by atoms with Crippen LogP contribution in [0.25, 0.3) is 0 Å². The fourth-order valence-electron chi connectivity index (χ4n) is 1.87. The molecule has 2 aromatic rings. The number of nitrogens with one attached hydrogen (secondary N) is 1. The smallest absolute Gasteiger partial charge is 0.233 e. The van der Waals surface area contributed by atoms with Gasteiger partial charge in [-0.3, -0.25) is 4.79 Å². The highest BCUT2D eigenvalue weighted by molar-refractivity contribution is 8.00. The van der Waals surface area contributed by atoms with Crippen molar-refractivity contribution in [1.29, 1.82) is 0 Å². The molecule has 0 saturated heterocycles. The van der Waals surface area contributed by atoms with E-state index in [4.69, 9.17) is 0 Å². The lowest BCUT2D eigenvalue weighted by atomic mass is 10.1. The van der Waals surface area contributed by atoms with Crippen LogP contribution in [0.4, 0.5) is 4.39 Å². The Kier molecular flexibility index (Phi) is 5.18. The molecule has 0 aliphatic rings. The second kappa shape index (κ2) is 6.91. The number of halogens is 1. The molecule has 5 nitrogen and oxygen atoms in total. The van der Waals surface area contributed by atoms with Gasteiger partial charge in [0.25, 0.3) is 0 Å². The average molecular weight is 322 g/mol. The molecule has 1 amide bonds. The van der Waals surface area contributed by atoms with Crippen molar-refractivity contribution in [1.82, 2.24) is 20.1 Å². The minimum Gasteiger partial charge on any atom is -0.349 e. The first-order chi connectivity index (χ1) is 10.4. The standard InChI is InChI=1S/C15H19FN4OS/c1-9(12-5-7-13(16)8-6-12)17-14(21)10(2)22-15-19-18-11(3)20(15)4/h5-10H,1-4H3,(H,17,21)/t9-,10+/m1/s1. The molecule has 0 fully saturated rings. The fourth-order valence-corrected chi connectivity index (χ4v) is 2.74. The normalized spacial score (nSPS) is 13.7. The molecule has 1 heterocycles. The minimum absolute atomic E-state index is 0.0949. The highest BCUT2D eigenvalue weighted by atomic mass is 32.2. The molecular weight excluding hydrogens is 303 g/mol. The molecule has 0 unspecified atom stereocenters. The Morgan fingerprint density at radius 3 is 2.45 bits per heavy atom. The summed E-state index contributed by atoms with van der Waals surface area (Å²) >= 11 is 1.36. The number of nitrogens with zero attached hydrogens (tertiary/aromatic N) is 3. The van der Waals surface area contributed by atoms with Crippen molar-refractivity contribution in [3.05, 3.63) is 41.5 Å². The van der Waals surface area contributed by atoms with Crippen LogP contribution in [0, 0.1) is 12.7 Å². The quantitative estimate of drug-likeness (QED) is 0.860. The number of carbonyl (C=O) groups excluding carboxylic acids is 1. The van der Waals surface area contributed by atoms with E-state index in [-0.39, 0.29) is 23.0 Å². The summed E-state index contributed by atoms with van der Waals surface area (Å²) < 4.78 is 14.8. The predicted molar refractivity (Wildman–Crippen MR) is 84.0 cm³/mol. The molecule has 0 saturated carbocycles. The van der Waals surface area contributed by atoms with Gasteiger partial charge in [0.2, 0.25) is 5.91 Å². The molecule has 0 bridgehead atoms. The van der Waals surface area contributed by atoms with Gasteiger partial charge in [-0.1, -0.05) is 23.9 Å². The summed E-state index contributed by atoms with van der Waals surface area (Å²) in [5, 5.41) is 11.3. The van der Waals surface area contributed by atoms with E-state index < -0.39 is 0 Å². The van der Waals surface area contributed by atoms with Gasteiger partial charge in [-0.2, -0.15) is 0 Å². The Balaban J connectivity index is 1.96. The first-order valence-corrected chi connectivity index (χ1v) is 7.85. The maximum atomic E-state index is 12.9. The van der Waals surface area contributed by atoms with Crippen LogP contribution in [0.1, 0.15) is 31.3 Å². The Hall–Kier alpha value is -1.89. The zero-order chi connectivity index (χ0) is 16.3. The van der Waals surface area contributed by atoms with Crippen LogP contribution >= 0.6 is 11.8 Å². The molecule has 0 aliphatic heterocycles. The van der Waals surface area contributed by atoms with Gasteiger partial charge in [-0.25, -0.2) is 4.39 Å². The lowest BCUT2D eigenvalue weighted by molar-refractivity contribution is -0.120. The Bertz CT molecular complexity index is 656. The van der Waals surface area contributed by atoms with E-state index in [1.807, 2.05) is 32.4 Å². The number of aryl methyl sites for hydroxylation is 1. The number of hydrogen-bond donors (Lipinski definition) is 1. The van der Waals surface area contributed by atoms with Crippen LogP contribution in [0.5, 0.6) is 0 Å². The van der Waals surface area contributed by atoms with Crippen molar-refractivity contribution in [2.24, 2.45) is 7.05 Å². The van der Waals surface area contributed by atoms with Gasteiger partial charge < -0.3 is 9.88 Å². The number of amides is 1. The van der Waals surface area contributed by atoms with Gasteiger partial charge in [0.1, 0.15) is 11.6 Å². The summed E-state index contributed by atoms with van der Waals surface area (Å²) in [4.78, 5) is 12.3. The average Bonchev–Trinajstić information content (AvgIpc) is 2.79. The summed E-state index contributed by atoms with van der Waals surface area (Å²) in [6.07, 6.45) is 0. The van der Waals surface area contributed by atoms with Crippen LogP contribution in [0.15, 0.2) is 29.4 Å². The molecular formula is C15H19FN4OS. The zero-order valence-electron chi connectivity index (χ0n) is 13.0. The van der Waals surface area contributed by atoms with Crippen LogP contribution in [-0.4, -0.2) is 25.9 Å². The second-order valence-corrected chi connectivity index (χ2v) is 6.44. The monoisotopic (exact) mass is 322 g/mol. The van der Waals surface area contributed by atoms with Crippen LogP contribution in [-0.2, 0) is 11.8 Å². The van der Waals surface area contributed by atoms with Gasteiger partial charge >= 0.3 is 0 Å². The second-order valence-electron chi connectivity index (χ2n) is 5.13. The highest BCUT2D eigenvalue weighted by Crippen LogP contribution is 2.22. The van der Waals surface area contributed by atoms with Crippen molar-refractivity contribution < 1.29 is 9.18 Å². The van der Waals surface area contributed by atoms with Gasteiger partial charge in [0, 0.05) is 7.05 Å². The third kappa shape index (κ3) is 3.85. The fraction of sp³-hybridized carbons (Fsp3) is 0.400. The maximum Gasteiger partial charge on any atom is 0.233 e. The molecule has 1 aromatic heterocycles. The Morgan fingerprint density at radius 1 is 1.27 bits per heavy atom. The third-order valence-electron chi connectivity index (χ3n) is 3.43. The maximum absolute atomic E-state index is 12.9. The van der Waals surface area contributed by atoms with E-state index in [2.05, 4.69) is 15.5 Å². The van der Waals surface area contributed by atoms with E-state index in [1.165, 1.54) is 23.9 Å². The lowest BCUT2D eigenvalue weighted by Gasteiger charge is -2.17. The van der Waals surface area contributed by atoms with E-state index in [0.29, 0.717) is 5.16 Å². The lowest BCUT2D eigenvalue weighted by Crippen LogP contribution is -2.33. The SMILES string of the molecule is Cc1nnc(S[C@@H](C)C(=O)N[C@H](C)c2ccc(F)cc2)n1C. The predicted octanol–water partition coefficient (Wildman–Crippen LogP) is 2.62. The van der Waals surface area contributed by atoms with Crippen LogP contribution in [0.2, 0.25) is 0 Å². The number of thioether (sulfide) groups is 1. The van der Waals surface area contributed by atoms with Crippen LogP contribution < -0.4 is 5.32 Å². The van der Waals surface area contributed by atoms with Gasteiger partial charge in [-0.15, -0.1) is 10.2 Å². The number of hydrogen-bond acceptors (Lipinski definition) is 4. The topological polar surface area (TPSA) is 59.8 Å². The summed E-state index contributed by atoms with van der Waals surface area (Å²) in [6, 6.07) is 5.93. The molecule has 2 rings (SSSR count). The molecule has 7 heteroatoms. The van der Waals surface area contributed by atoms with E-state index in [0.717, 1.165) is 11.4 Å². The number of benzene rings is 1. The third-order valence-corrected chi connectivity index (χ3v) is 4.57. The first-order valence-electron chi connectivity index (χ1n) is 6.97. The van der Waals surface area contributed by atoms with Gasteiger partial charge in [-0.05, 0) is 38.5 Å². The van der Waals surface area contributed by atoms with Crippen molar-refractivity contribution in [2.45, 2.75) is 37.2 Å². The molecule has 0 aliphatic carbocycles. The van der Waals surface area contributed by atoms with E-state index >= 15 is 0 Å². The van der Waals surface area contributed by atoms with E-state index in [9.17, 15) is 9.18 Å². The summed E-state index contributed by atoms with van der Waals surface area (Å²) in [7, 11) is 1.86. The Labute approximate surface area is 133 Å². The van der Waals surface area contributed by atoms with Crippen molar-refractivity contribution in [2.75, 3.05) is 0 Å². The van der Waals surface area contributed by atoms with Crippen molar-refractivity contribution in [3.63, 3.8) is 0 Å². The zero-order valence-corrected chi connectivity index (χ0v) is 13.8. The largest absolute Gasteiger partial charge is 0.349 e. The van der Waals surface area contributed by atoms with Gasteiger partial charge in [0.05, 0.1) is 11.3 Å². The molecule has 1 N–H and O–H groups in total. The van der Waals surface area contributed by atoms with Gasteiger partial charge in [0.15, 0.2) is 5.16 Å². The summed E-state index contributed by atoms with van der Waals surface area (Å²) in [6.45, 7) is 5.55. The highest BCUT2D eigenvalue weighted by Gasteiger charge is 2.20. The summed E-state index contributed by atoms with van der Waals surface area (Å²) in [5.74, 6) is 0.418.